The van der Waals surface area contributed by atoms with Crippen molar-refractivity contribution in [1.82, 2.24) is 14.8 Å². The summed E-state index contributed by atoms with van der Waals surface area (Å²) >= 11 is 0. The molecule has 0 bridgehead atoms. The second-order valence-corrected chi connectivity index (χ2v) is 6.94. The van der Waals surface area contributed by atoms with Gasteiger partial charge in [0.2, 0.25) is 0 Å². The molecule has 0 spiro atoms. The van der Waals surface area contributed by atoms with Gasteiger partial charge in [-0.3, -0.25) is 0 Å². The van der Waals surface area contributed by atoms with E-state index in [1.807, 2.05) is 4.68 Å². The summed E-state index contributed by atoms with van der Waals surface area (Å²) in [5.74, 6) is 1.21. The molecule has 18 heavy (non-hydrogen) atoms. The first-order valence-corrected chi connectivity index (χ1v) is 6.84. The molecule has 102 valence electrons. The molecular weight excluding hydrogens is 226 g/mol. The highest BCUT2D eigenvalue weighted by atomic mass is 16.3. The standard InChI is InChI=1S/C14H25N3O/c1-10(2)17-12(15-9-16-17)7-14(18)8-13(4,5)6-11(14)3/h9-11,18H,6-8H2,1-5H3. The van der Waals surface area contributed by atoms with Crippen LogP contribution in [-0.2, 0) is 6.42 Å². The molecule has 0 saturated heterocycles. The fraction of sp³-hybridized carbons (Fsp3) is 0.857. The molecule has 1 saturated carbocycles. The predicted octanol–water partition coefficient (Wildman–Crippen LogP) is 2.59. The average Bonchev–Trinajstić information content (AvgIpc) is 2.70. The maximum Gasteiger partial charge on any atom is 0.138 e. The van der Waals surface area contributed by atoms with Crippen molar-refractivity contribution in [3.8, 4) is 0 Å². The van der Waals surface area contributed by atoms with Crippen LogP contribution in [0.5, 0.6) is 0 Å². The van der Waals surface area contributed by atoms with Crippen LogP contribution in [0, 0.1) is 11.3 Å². The number of rotatable bonds is 3. The molecule has 4 nitrogen and oxygen atoms in total. The lowest BCUT2D eigenvalue weighted by molar-refractivity contribution is 0.00156. The summed E-state index contributed by atoms with van der Waals surface area (Å²) in [6, 6.07) is 0.288. The van der Waals surface area contributed by atoms with Gasteiger partial charge in [0.15, 0.2) is 0 Å². The van der Waals surface area contributed by atoms with Gasteiger partial charge in [-0.2, -0.15) is 5.10 Å². The smallest absolute Gasteiger partial charge is 0.138 e. The third-order valence-electron chi connectivity index (χ3n) is 4.16. The van der Waals surface area contributed by atoms with E-state index in [-0.39, 0.29) is 11.5 Å². The number of aromatic nitrogens is 3. The van der Waals surface area contributed by atoms with Gasteiger partial charge < -0.3 is 5.11 Å². The first-order valence-electron chi connectivity index (χ1n) is 6.84. The van der Waals surface area contributed by atoms with Crippen LogP contribution < -0.4 is 0 Å². The molecule has 1 fully saturated rings. The molecule has 0 aromatic carbocycles. The second-order valence-electron chi connectivity index (χ2n) is 6.94. The van der Waals surface area contributed by atoms with Gasteiger partial charge in [-0.25, -0.2) is 9.67 Å². The molecule has 1 N–H and O–H groups in total. The number of aliphatic hydroxyl groups is 1. The molecule has 0 amide bonds. The van der Waals surface area contributed by atoms with Crippen molar-refractivity contribution in [2.24, 2.45) is 11.3 Å². The molecule has 1 heterocycles. The zero-order chi connectivity index (χ0) is 13.6. The van der Waals surface area contributed by atoms with E-state index in [1.165, 1.54) is 0 Å². The van der Waals surface area contributed by atoms with Crippen molar-refractivity contribution < 1.29 is 5.11 Å². The lowest BCUT2D eigenvalue weighted by Gasteiger charge is -2.28. The van der Waals surface area contributed by atoms with Gasteiger partial charge in [0.25, 0.3) is 0 Å². The Balaban J connectivity index is 2.21. The molecule has 0 aliphatic heterocycles. The van der Waals surface area contributed by atoms with Crippen LogP contribution in [0.4, 0.5) is 0 Å². The highest BCUT2D eigenvalue weighted by molar-refractivity contribution is 5.04. The number of hydrogen-bond donors (Lipinski definition) is 1. The zero-order valence-electron chi connectivity index (χ0n) is 12.1. The van der Waals surface area contributed by atoms with Gasteiger partial charge in [0.1, 0.15) is 12.2 Å². The molecule has 1 aliphatic rings. The zero-order valence-corrected chi connectivity index (χ0v) is 12.1. The van der Waals surface area contributed by atoms with E-state index in [9.17, 15) is 5.11 Å². The minimum absolute atomic E-state index is 0.219. The van der Waals surface area contributed by atoms with Gasteiger partial charge in [-0.05, 0) is 38.0 Å². The average molecular weight is 251 g/mol. The van der Waals surface area contributed by atoms with Crippen LogP contribution in [-0.4, -0.2) is 25.5 Å². The van der Waals surface area contributed by atoms with Gasteiger partial charge in [0.05, 0.1) is 5.60 Å². The third kappa shape index (κ3) is 2.44. The highest BCUT2D eigenvalue weighted by Crippen LogP contribution is 2.48. The van der Waals surface area contributed by atoms with E-state index in [4.69, 9.17) is 0 Å². The maximum absolute atomic E-state index is 10.9. The Kier molecular flexibility index (Phi) is 3.26. The Bertz CT molecular complexity index is 424. The Labute approximate surface area is 109 Å². The second kappa shape index (κ2) is 4.34. The summed E-state index contributed by atoms with van der Waals surface area (Å²) in [5, 5.41) is 15.1. The summed E-state index contributed by atoms with van der Waals surface area (Å²) in [5.41, 5.74) is -0.417. The van der Waals surface area contributed by atoms with Gasteiger partial charge in [0, 0.05) is 12.5 Å². The van der Waals surface area contributed by atoms with Crippen molar-refractivity contribution in [2.45, 2.75) is 65.5 Å². The molecule has 2 atom stereocenters. The fourth-order valence-corrected chi connectivity index (χ4v) is 3.44. The first-order chi connectivity index (χ1) is 8.23. The summed E-state index contributed by atoms with van der Waals surface area (Å²) < 4.78 is 1.91. The molecular formula is C14H25N3O. The Morgan fingerprint density at radius 2 is 2.17 bits per heavy atom. The lowest BCUT2D eigenvalue weighted by atomic mass is 9.86. The number of hydrogen-bond acceptors (Lipinski definition) is 3. The maximum atomic E-state index is 10.9. The minimum Gasteiger partial charge on any atom is -0.389 e. The number of nitrogens with zero attached hydrogens (tertiary/aromatic N) is 3. The van der Waals surface area contributed by atoms with E-state index >= 15 is 0 Å². The van der Waals surface area contributed by atoms with E-state index in [0.717, 1.165) is 18.7 Å². The first kappa shape index (κ1) is 13.5. The summed E-state index contributed by atoms with van der Waals surface area (Å²) in [7, 11) is 0. The molecule has 0 radical (unpaired) electrons. The predicted molar refractivity (Wildman–Crippen MR) is 71.2 cm³/mol. The van der Waals surface area contributed by atoms with Gasteiger partial charge in [-0.1, -0.05) is 20.8 Å². The highest BCUT2D eigenvalue weighted by Gasteiger charge is 2.48. The Morgan fingerprint density at radius 1 is 1.50 bits per heavy atom. The molecule has 2 rings (SSSR count). The van der Waals surface area contributed by atoms with Crippen LogP contribution in [0.3, 0.4) is 0 Å². The van der Waals surface area contributed by atoms with E-state index in [2.05, 4.69) is 44.7 Å². The normalized spacial score (nSPS) is 31.2. The van der Waals surface area contributed by atoms with Gasteiger partial charge >= 0.3 is 0 Å². The minimum atomic E-state index is -0.636. The van der Waals surface area contributed by atoms with Crippen LogP contribution in [0.2, 0.25) is 0 Å². The Hall–Kier alpha value is -0.900. The lowest BCUT2D eigenvalue weighted by Crippen LogP contribution is -2.36. The summed E-state index contributed by atoms with van der Waals surface area (Å²) in [6.45, 7) is 10.8. The molecule has 4 heteroatoms. The van der Waals surface area contributed by atoms with Crippen molar-refractivity contribution in [3.05, 3.63) is 12.2 Å². The van der Waals surface area contributed by atoms with Crippen LogP contribution in [0.25, 0.3) is 0 Å². The van der Waals surface area contributed by atoms with Crippen LogP contribution in [0.1, 0.15) is 59.3 Å². The van der Waals surface area contributed by atoms with Crippen LogP contribution in [0.15, 0.2) is 6.33 Å². The molecule has 2 unspecified atom stereocenters. The molecule has 1 aromatic rings. The molecule has 1 aromatic heterocycles. The summed E-state index contributed by atoms with van der Waals surface area (Å²) in [6.07, 6.45) is 4.10. The molecule has 1 aliphatic carbocycles. The van der Waals surface area contributed by atoms with Crippen molar-refractivity contribution in [1.29, 1.82) is 0 Å². The summed E-state index contributed by atoms with van der Waals surface area (Å²) in [4.78, 5) is 4.32. The van der Waals surface area contributed by atoms with Crippen molar-refractivity contribution in [2.75, 3.05) is 0 Å². The Morgan fingerprint density at radius 3 is 2.67 bits per heavy atom. The van der Waals surface area contributed by atoms with Crippen LogP contribution >= 0.6 is 0 Å². The SMILES string of the molecule is CC(C)n1ncnc1CC1(O)CC(C)(C)CC1C. The quantitative estimate of drug-likeness (QED) is 0.898. The van der Waals surface area contributed by atoms with Crippen molar-refractivity contribution >= 4 is 0 Å². The van der Waals surface area contributed by atoms with Crippen molar-refractivity contribution in [3.63, 3.8) is 0 Å². The topological polar surface area (TPSA) is 50.9 Å². The fourth-order valence-electron chi connectivity index (χ4n) is 3.44. The largest absolute Gasteiger partial charge is 0.389 e. The monoisotopic (exact) mass is 251 g/mol. The van der Waals surface area contributed by atoms with E-state index in [0.29, 0.717) is 12.3 Å². The van der Waals surface area contributed by atoms with E-state index < -0.39 is 5.60 Å². The third-order valence-corrected chi connectivity index (χ3v) is 4.16. The van der Waals surface area contributed by atoms with E-state index in [1.54, 1.807) is 6.33 Å². The van der Waals surface area contributed by atoms with Gasteiger partial charge in [-0.15, -0.1) is 0 Å².